The fraction of sp³-hybridized carbons (Fsp3) is 1.00. The van der Waals surface area contributed by atoms with E-state index in [0.717, 1.165) is 43.5 Å². The Hall–Kier alpha value is 0.220. The second-order valence-electron chi connectivity index (χ2n) is 6.08. The van der Waals surface area contributed by atoms with E-state index in [9.17, 15) is 9.13 Å². The molecule has 0 radical (unpaired) electrons. The number of rotatable bonds is 8. The highest BCUT2D eigenvalue weighted by atomic mass is 31.2. The lowest BCUT2D eigenvalue weighted by atomic mass is 9.90. The first kappa shape index (κ1) is 20.3. The molecule has 1 saturated heterocycles. The Balaban J connectivity index is 2.54. The molecular formula is C12H28NO7P2+. The molecule has 22 heavy (non-hydrogen) atoms. The SMILES string of the molecule is CC[N+]1(CC)CCC(CCC(OP(=O)(O)O)P(=O)(O)O)CC1. The molecule has 1 fully saturated rings. The van der Waals surface area contributed by atoms with Crippen LogP contribution in [-0.4, -0.2) is 56.1 Å². The van der Waals surface area contributed by atoms with Gasteiger partial charge >= 0.3 is 15.4 Å². The molecular weight excluding hydrogens is 332 g/mol. The zero-order chi connectivity index (χ0) is 17.0. The third-order valence-corrected chi connectivity index (χ3v) is 6.63. The Morgan fingerprint density at radius 2 is 1.59 bits per heavy atom. The van der Waals surface area contributed by atoms with Crippen molar-refractivity contribution in [2.24, 2.45) is 5.92 Å². The summed E-state index contributed by atoms with van der Waals surface area (Å²) in [7, 11) is -9.61. The molecule has 4 N–H and O–H groups in total. The van der Waals surface area contributed by atoms with Gasteiger partial charge in [-0.25, -0.2) is 4.57 Å². The third-order valence-electron chi connectivity index (χ3n) is 4.82. The number of hydrogen-bond acceptors (Lipinski definition) is 3. The van der Waals surface area contributed by atoms with Gasteiger partial charge in [0.2, 0.25) is 0 Å². The maximum Gasteiger partial charge on any atom is 0.470 e. The topological polar surface area (TPSA) is 124 Å². The van der Waals surface area contributed by atoms with E-state index in [1.54, 1.807) is 0 Å². The molecule has 1 unspecified atom stereocenters. The summed E-state index contributed by atoms with van der Waals surface area (Å²) in [6.45, 7) is 8.57. The van der Waals surface area contributed by atoms with Gasteiger partial charge in [0.15, 0.2) is 5.85 Å². The molecule has 1 aliphatic rings. The summed E-state index contributed by atoms with van der Waals surface area (Å²) in [4.78, 5) is 35.9. The van der Waals surface area contributed by atoms with Crippen molar-refractivity contribution in [3.8, 4) is 0 Å². The van der Waals surface area contributed by atoms with Crippen LogP contribution < -0.4 is 0 Å². The molecule has 0 spiro atoms. The Morgan fingerprint density at radius 3 is 1.95 bits per heavy atom. The van der Waals surface area contributed by atoms with E-state index >= 15 is 0 Å². The standard InChI is InChI=1S/C12H27NO7P2/c1-3-13(4-2)9-7-11(8-10-13)5-6-12(21(14,15)16)20-22(17,18)19/h11-12H,3-10H2,1-2H3,(H3-,14,15,16,17,18,19)/p+1. The van der Waals surface area contributed by atoms with E-state index in [0.29, 0.717) is 12.3 Å². The second kappa shape index (κ2) is 7.86. The summed E-state index contributed by atoms with van der Waals surface area (Å²) >= 11 is 0. The molecule has 0 aromatic rings. The van der Waals surface area contributed by atoms with Crippen LogP contribution >= 0.6 is 15.4 Å². The summed E-state index contributed by atoms with van der Waals surface area (Å²) in [6, 6.07) is 0. The van der Waals surface area contributed by atoms with E-state index in [1.165, 1.54) is 0 Å². The van der Waals surface area contributed by atoms with E-state index in [1.807, 2.05) is 0 Å². The average molecular weight is 360 g/mol. The van der Waals surface area contributed by atoms with E-state index in [4.69, 9.17) is 19.6 Å². The largest absolute Gasteiger partial charge is 0.470 e. The van der Waals surface area contributed by atoms with Gasteiger partial charge in [0.05, 0.1) is 26.2 Å². The van der Waals surface area contributed by atoms with E-state index < -0.39 is 21.3 Å². The third kappa shape index (κ3) is 6.38. The van der Waals surface area contributed by atoms with Crippen LogP contribution in [0, 0.1) is 5.92 Å². The lowest BCUT2D eigenvalue weighted by Gasteiger charge is -2.42. The Labute approximate surface area is 131 Å². The average Bonchev–Trinajstić information content (AvgIpc) is 2.42. The number of hydrogen-bond donors (Lipinski definition) is 4. The minimum Gasteiger partial charge on any atom is -0.324 e. The van der Waals surface area contributed by atoms with Crippen molar-refractivity contribution in [1.29, 1.82) is 0 Å². The highest BCUT2D eigenvalue weighted by Gasteiger charge is 2.37. The summed E-state index contributed by atoms with van der Waals surface area (Å²) < 4.78 is 27.5. The van der Waals surface area contributed by atoms with Gasteiger partial charge < -0.3 is 24.1 Å². The number of piperidine rings is 1. The quantitative estimate of drug-likeness (QED) is 0.383. The smallest absolute Gasteiger partial charge is 0.324 e. The fourth-order valence-electron chi connectivity index (χ4n) is 3.13. The normalized spacial score (nSPS) is 21.7. The molecule has 10 heteroatoms. The van der Waals surface area contributed by atoms with Crippen LogP contribution in [0.2, 0.25) is 0 Å². The van der Waals surface area contributed by atoms with Crippen LogP contribution in [0.3, 0.4) is 0 Å². The number of phosphoric acid groups is 1. The van der Waals surface area contributed by atoms with Crippen molar-refractivity contribution < 1.29 is 37.7 Å². The molecule has 0 aromatic heterocycles. The Morgan fingerprint density at radius 1 is 1.09 bits per heavy atom. The highest BCUT2D eigenvalue weighted by Crippen LogP contribution is 2.52. The lowest BCUT2D eigenvalue weighted by Crippen LogP contribution is -2.52. The van der Waals surface area contributed by atoms with Gasteiger partial charge in [-0.15, -0.1) is 0 Å². The Kier molecular flexibility index (Phi) is 7.24. The second-order valence-corrected chi connectivity index (χ2v) is 9.03. The van der Waals surface area contributed by atoms with Crippen LogP contribution in [0.1, 0.15) is 39.5 Å². The predicted octanol–water partition coefficient (Wildman–Crippen LogP) is 1.65. The number of quaternary nitrogens is 1. The monoisotopic (exact) mass is 360 g/mol. The van der Waals surface area contributed by atoms with Gasteiger partial charge in [-0.1, -0.05) is 0 Å². The van der Waals surface area contributed by atoms with Crippen LogP contribution in [-0.2, 0) is 13.7 Å². The molecule has 1 atom stereocenters. The molecule has 0 amide bonds. The molecule has 0 bridgehead atoms. The molecule has 0 saturated carbocycles. The molecule has 1 rings (SSSR count). The molecule has 1 heterocycles. The lowest BCUT2D eigenvalue weighted by molar-refractivity contribution is -0.930. The molecule has 8 nitrogen and oxygen atoms in total. The summed E-state index contributed by atoms with van der Waals surface area (Å²) in [5, 5.41) is 0. The predicted molar refractivity (Wildman–Crippen MR) is 82.0 cm³/mol. The molecule has 132 valence electrons. The molecule has 0 aliphatic carbocycles. The summed E-state index contributed by atoms with van der Waals surface area (Å²) in [5.74, 6) is -1.41. The minimum atomic E-state index is -4.91. The first-order valence-corrected chi connectivity index (χ1v) is 10.9. The summed E-state index contributed by atoms with van der Waals surface area (Å²) in [6.07, 6.45) is 2.39. The van der Waals surface area contributed by atoms with Gasteiger partial charge in [0.25, 0.3) is 0 Å². The van der Waals surface area contributed by atoms with Gasteiger partial charge in [-0.3, -0.25) is 9.09 Å². The zero-order valence-corrected chi connectivity index (χ0v) is 15.0. The Bertz CT molecular complexity index is 433. The van der Waals surface area contributed by atoms with E-state index in [2.05, 4.69) is 18.4 Å². The summed E-state index contributed by atoms with van der Waals surface area (Å²) in [5.41, 5.74) is 0. The molecule has 1 aliphatic heterocycles. The van der Waals surface area contributed by atoms with Crippen molar-refractivity contribution >= 4 is 15.4 Å². The van der Waals surface area contributed by atoms with Crippen molar-refractivity contribution in [2.75, 3.05) is 26.2 Å². The first-order valence-electron chi connectivity index (χ1n) is 7.65. The fourth-order valence-corrected chi connectivity index (χ4v) is 4.90. The van der Waals surface area contributed by atoms with Crippen LogP contribution in [0.15, 0.2) is 0 Å². The van der Waals surface area contributed by atoms with Crippen LogP contribution in [0.4, 0.5) is 0 Å². The highest BCUT2D eigenvalue weighted by molar-refractivity contribution is 7.53. The van der Waals surface area contributed by atoms with E-state index in [-0.39, 0.29) is 6.42 Å². The van der Waals surface area contributed by atoms with Gasteiger partial charge in [0.1, 0.15) is 0 Å². The van der Waals surface area contributed by atoms with Crippen LogP contribution in [0.25, 0.3) is 0 Å². The number of phosphoric ester groups is 1. The first-order chi connectivity index (χ1) is 10.0. The maximum absolute atomic E-state index is 11.3. The van der Waals surface area contributed by atoms with Crippen molar-refractivity contribution in [2.45, 2.75) is 45.4 Å². The molecule has 0 aromatic carbocycles. The number of likely N-dealkylation sites (tertiary alicyclic amines) is 1. The zero-order valence-electron chi connectivity index (χ0n) is 13.2. The van der Waals surface area contributed by atoms with Crippen molar-refractivity contribution in [3.05, 3.63) is 0 Å². The van der Waals surface area contributed by atoms with Crippen molar-refractivity contribution in [1.82, 2.24) is 0 Å². The minimum absolute atomic E-state index is 0.0433. The van der Waals surface area contributed by atoms with Gasteiger partial charge in [-0.2, -0.15) is 0 Å². The van der Waals surface area contributed by atoms with Crippen molar-refractivity contribution in [3.63, 3.8) is 0 Å². The van der Waals surface area contributed by atoms with Gasteiger partial charge in [0, 0.05) is 0 Å². The van der Waals surface area contributed by atoms with Crippen LogP contribution in [0.5, 0.6) is 0 Å². The van der Waals surface area contributed by atoms with Gasteiger partial charge in [-0.05, 0) is 45.4 Å². The maximum atomic E-state index is 11.3. The number of nitrogens with zero attached hydrogens (tertiary/aromatic N) is 1.